The van der Waals surface area contributed by atoms with Crippen LogP contribution in [0, 0.1) is 11.8 Å². The van der Waals surface area contributed by atoms with Crippen LogP contribution in [0.2, 0.25) is 0 Å². The summed E-state index contributed by atoms with van der Waals surface area (Å²) in [6.07, 6.45) is 2.83. The van der Waals surface area contributed by atoms with Crippen LogP contribution in [0.1, 0.15) is 26.0 Å². The summed E-state index contributed by atoms with van der Waals surface area (Å²) in [5.74, 6) is 5.92. The van der Waals surface area contributed by atoms with Crippen molar-refractivity contribution in [3.8, 4) is 11.8 Å². The maximum atomic E-state index is 5.53. The first kappa shape index (κ1) is 9.82. The lowest BCUT2D eigenvalue weighted by Crippen LogP contribution is -2.11. The van der Waals surface area contributed by atoms with E-state index in [0.29, 0.717) is 0 Å². The van der Waals surface area contributed by atoms with Gasteiger partial charge < -0.3 is 5.73 Å². The van der Waals surface area contributed by atoms with Crippen molar-refractivity contribution in [2.45, 2.75) is 32.9 Å². The van der Waals surface area contributed by atoms with Gasteiger partial charge in [-0.15, -0.1) is 0 Å². The summed E-state index contributed by atoms with van der Waals surface area (Å²) in [5, 5.41) is 4.16. The van der Waals surface area contributed by atoms with Crippen molar-refractivity contribution in [2.24, 2.45) is 5.73 Å². The highest BCUT2D eigenvalue weighted by Gasteiger charge is 1.96. The first-order chi connectivity index (χ1) is 6.24. The van der Waals surface area contributed by atoms with Gasteiger partial charge >= 0.3 is 0 Å². The van der Waals surface area contributed by atoms with E-state index in [1.54, 1.807) is 6.20 Å². The molecule has 1 aromatic heterocycles. The molecule has 70 valence electrons. The van der Waals surface area contributed by atoms with E-state index in [9.17, 15) is 0 Å². The molecule has 0 spiro atoms. The summed E-state index contributed by atoms with van der Waals surface area (Å²) in [6, 6.07) is 1.83. The van der Waals surface area contributed by atoms with Crippen LogP contribution in [-0.4, -0.2) is 15.8 Å². The molecule has 0 aromatic carbocycles. The van der Waals surface area contributed by atoms with Crippen molar-refractivity contribution in [3.05, 3.63) is 18.0 Å². The monoisotopic (exact) mass is 177 g/mol. The van der Waals surface area contributed by atoms with Crippen molar-refractivity contribution in [2.75, 3.05) is 0 Å². The summed E-state index contributed by atoms with van der Waals surface area (Å²) >= 11 is 0. The molecule has 13 heavy (non-hydrogen) atoms. The van der Waals surface area contributed by atoms with Gasteiger partial charge in [0.05, 0.1) is 12.2 Å². The molecular formula is C10H15N3. The molecule has 0 saturated carbocycles. The van der Waals surface area contributed by atoms with E-state index in [2.05, 4.69) is 23.9 Å². The Morgan fingerprint density at radius 1 is 1.69 bits per heavy atom. The van der Waals surface area contributed by atoms with E-state index in [4.69, 9.17) is 5.73 Å². The predicted octanol–water partition coefficient (Wildman–Crippen LogP) is 0.992. The Bertz CT molecular complexity index is 314. The molecule has 0 aliphatic carbocycles. The average molecular weight is 177 g/mol. The summed E-state index contributed by atoms with van der Waals surface area (Å²) in [6.45, 7) is 4.90. The predicted molar refractivity (Wildman–Crippen MR) is 53.0 cm³/mol. The normalized spacial score (nSPS) is 11.9. The molecule has 0 amide bonds. The van der Waals surface area contributed by atoms with Crippen LogP contribution < -0.4 is 5.73 Å². The molecule has 1 aromatic rings. The Kier molecular flexibility index (Phi) is 3.53. The summed E-state index contributed by atoms with van der Waals surface area (Å²) in [4.78, 5) is 0. The third-order valence-electron chi connectivity index (χ3n) is 1.58. The number of hydrogen-bond acceptors (Lipinski definition) is 2. The minimum atomic E-state index is -0.0787. The molecular weight excluding hydrogens is 162 g/mol. The van der Waals surface area contributed by atoms with Crippen LogP contribution in [0.3, 0.4) is 0 Å². The SMILES string of the molecule is CCCn1nccc1C#CC(C)N. The molecule has 1 unspecified atom stereocenters. The first-order valence-electron chi connectivity index (χ1n) is 4.53. The second-order valence-corrected chi connectivity index (χ2v) is 3.00. The quantitative estimate of drug-likeness (QED) is 0.685. The van der Waals surface area contributed by atoms with Gasteiger partial charge in [0.1, 0.15) is 5.69 Å². The van der Waals surface area contributed by atoms with Crippen LogP contribution in [0.15, 0.2) is 12.3 Å². The second kappa shape index (κ2) is 4.68. The van der Waals surface area contributed by atoms with E-state index in [-0.39, 0.29) is 6.04 Å². The number of aryl methyl sites for hydroxylation is 1. The van der Waals surface area contributed by atoms with Crippen molar-refractivity contribution in [3.63, 3.8) is 0 Å². The van der Waals surface area contributed by atoms with Crippen LogP contribution in [-0.2, 0) is 6.54 Å². The lowest BCUT2D eigenvalue weighted by Gasteiger charge is -1.99. The van der Waals surface area contributed by atoms with Crippen LogP contribution in [0.5, 0.6) is 0 Å². The zero-order valence-electron chi connectivity index (χ0n) is 8.12. The minimum Gasteiger partial charge on any atom is -0.318 e. The van der Waals surface area contributed by atoms with E-state index >= 15 is 0 Å². The molecule has 1 heterocycles. The lowest BCUT2D eigenvalue weighted by atomic mass is 10.3. The number of hydrogen-bond donors (Lipinski definition) is 1. The summed E-state index contributed by atoms with van der Waals surface area (Å²) in [7, 11) is 0. The average Bonchev–Trinajstić information content (AvgIpc) is 2.49. The maximum absolute atomic E-state index is 5.53. The number of aromatic nitrogens is 2. The smallest absolute Gasteiger partial charge is 0.111 e. The van der Waals surface area contributed by atoms with Gasteiger partial charge in [0.25, 0.3) is 0 Å². The Labute approximate surface area is 78.9 Å². The van der Waals surface area contributed by atoms with Gasteiger partial charge in [0.15, 0.2) is 0 Å². The highest BCUT2D eigenvalue weighted by Crippen LogP contribution is 1.97. The van der Waals surface area contributed by atoms with Gasteiger partial charge in [0, 0.05) is 6.54 Å². The standard InChI is InChI=1S/C10H15N3/c1-3-8-13-10(6-7-12-13)5-4-9(2)11/h6-7,9H,3,8,11H2,1-2H3. The van der Waals surface area contributed by atoms with Gasteiger partial charge in [-0.1, -0.05) is 12.8 Å². The zero-order chi connectivity index (χ0) is 9.68. The largest absolute Gasteiger partial charge is 0.318 e. The van der Waals surface area contributed by atoms with Crippen molar-refractivity contribution < 1.29 is 0 Å². The molecule has 0 aliphatic heterocycles. The molecule has 1 rings (SSSR count). The van der Waals surface area contributed by atoms with Crippen molar-refractivity contribution in [1.82, 2.24) is 9.78 Å². The van der Waals surface area contributed by atoms with Gasteiger partial charge in [-0.3, -0.25) is 4.68 Å². The maximum Gasteiger partial charge on any atom is 0.111 e. The topological polar surface area (TPSA) is 43.8 Å². The molecule has 0 aliphatic rings. The van der Waals surface area contributed by atoms with E-state index < -0.39 is 0 Å². The fraction of sp³-hybridized carbons (Fsp3) is 0.500. The Balaban J connectivity index is 2.77. The van der Waals surface area contributed by atoms with Crippen LogP contribution in [0.4, 0.5) is 0 Å². The van der Waals surface area contributed by atoms with Crippen LogP contribution in [0.25, 0.3) is 0 Å². The molecule has 3 nitrogen and oxygen atoms in total. The van der Waals surface area contributed by atoms with E-state index in [0.717, 1.165) is 18.7 Å². The third kappa shape index (κ3) is 2.92. The molecule has 1 atom stereocenters. The minimum absolute atomic E-state index is 0.0787. The Hall–Kier alpha value is -1.27. The Morgan fingerprint density at radius 2 is 2.46 bits per heavy atom. The summed E-state index contributed by atoms with van der Waals surface area (Å²) in [5.41, 5.74) is 6.47. The molecule has 3 heteroatoms. The number of nitrogens with two attached hydrogens (primary N) is 1. The highest BCUT2D eigenvalue weighted by molar-refractivity contribution is 5.28. The molecule has 0 saturated heterocycles. The third-order valence-corrected chi connectivity index (χ3v) is 1.58. The van der Waals surface area contributed by atoms with Crippen molar-refractivity contribution in [1.29, 1.82) is 0 Å². The second-order valence-electron chi connectivity index (χ2n) is 3.00. The molecule has 0 bridgehead atoms. The van der Waals surface area contributed by atoms with Gasteiger partial charge in [0.2, 0.25) is 0 Å². The molecule has 0 fully saturated rings. The van der Waals surface area contributed by atoms with Gasteiger partial charge in [-0.25, -0.2) is 0 Å². The molecule has 0 radical (unpaired) electrons. The zero-order valence-corrected chi connectivity index (χ0v) is 8.12. The van der Waals surface area contributed by atoms with Crippen LogP contribution >= 0.6 is 0 Å². The Morgan fingerprint density at radius 3 is 3.08 bits per heavy atom. The fourth-order valence-corrected chi connectivity index (χ4v) is 1.02. The van der Waals surface area contributed by atoms with Crippen molar-refractivity contribution >= 4 is 0 Å². The fourth-order valence-electron chi connectivity index (χ4n) is 1.02. The first-order valence-corrected chi connectivity index (χ1v) is 4.53. The lowest BCUT2D eigenvalue weighted by molar-refractivity contribution is 0.597. The van der Waals surface area contributed by atoms with E-state index in [1.807, 2.05) is 17.7 Å². The van der Waals surface area contributed by atoms with Gasteiger partial charge in [-0.05, 0) is 25.3 Å². The molecule has 2 N–H and O–H groups in total. The summed E-state index contributed by atoms with van der Waals surface area (Å²) < 4.78 is 1.90. The number of nitrogens with zero attached hydrogens (tertiary/aromatic N) is 2. The van der Waals surface area contributed by atoms with Gasteiger partial charge in [-0.2, -0.15) is 5.10 Å². The number of rotatable bonds is 2. The highest BCUT2D eigenvalue weighted by atomic mass is 15.3. The van der Waals surface area contributed by atoms with E-state index in [1.165, 1.54) is 0 Å².